The topological polar surface area (TPSA) is 216 Å². The second-order valence-corrected chi connectivity index (χ2v) is 16.8. The van der Waals surface area contributed by atoms with Crippen molar-refractivity contribution in [2.75, 3.05) is 13.7 Å². The molecule has 65 heavy (non-hydrogen) atoms. The fraction of sp³-hybridized carbons (Fsp3) is 0.378. The number of carbonyl (C=O) groups excluding carboxylic acids is 3. The Hall–Kier alpha value is -5.30. The second-order valence-electron chi connectivity index (χ2n) is 14.6. The van der Waals surface area contributed by atoms with Gasteiger partial charge in [0.25, 0.3) is 3.79 Å². The molecule has 0 radical (unpaired) electrons. The van der Waals surface area contributed by atoms with Crippen LogP contribution in [0.5, 0.6) is 0 Å². The zero-order valence-corrected chi connectivity index (χ0v) is 37.2. The van der Waals surface area contributed by atoms with Crippen LogP contribution in [0.15, 0.2) is 126 Å². The minimum Gasteiger partial charge on any atom is -0.467 e. The summed E-state index contributed by atoms with van der Waals surface area (Å²) in [7, 11) is 1.08. The highest BCUT2D eigenvalue weighted by atomic mass is 35.6. The van der Waals surface area contributed by atoms with Crippen LogP contribution in [0.2, 0.25) is 0 Å². The van der Waals surface area contributed by atoms with Gasteiger partial charge in [-0.05, 0) is 34.4 Å². The van der Waals surface area contributed by atoms with Gasteiger partial charge in [-0.15, -0.1) is 0 Å². The third kappa shape index (κ3) is 13.6. The van der Waals surface area contributed by atoms with Gasteiger partial charge in [0.2, 0.25) is 12.2 Å². The van der Waals surface area contributed by atoms with Crippen molar-refractivity contribution >= 4 is 58.6 Å². The van der Waals surface area contributed by atoms with Crippen LogP contribution in [0, 0.1) is 5.41 Å². The van der Waals surface area contributed by atoms with Crippen molar-refractivity contribution in [2.45, 2.75) is 91.9 Å². The summed E-state index contributed by atoms with van der Waals surface area (Å²) in [6, 6.07) is 33.7. The van der Waals surface area contributed by atoms with E-state index in [1.165, 1.54) is 19.1 Å². The van der Waals surface area contributed by atoms with Crippen LogP contribution in [-0.2, 0) is 76.8 Å². The first-order valence-corrected chi connectivity index (χ1v) is 21.3. The minimum atomic E-state index is -2.44. The molecule has 4 aromatic carbocycles. The molecule has 1 N–H and O–H groups in total. The number of rotatable bonds is 18. The number of benzene rings is 4. The van der Waals surface area contributed by atoms with Crippen molar-refractivity contribution < 1.29 is 61.8 Å². The normalized spacial score (nSPS) is 25.3. The number of nitrogens with zero attached hydrogens (tertiary/aromatic N) is 3. The van der Waals surface area contributed by atoms with E-state index in [0.29, 0.717) is 5.56 Å². The molecule has 0 aliphatic carbocycles. The molecule has 344 valence electrons. The number of methoxy groups -OCH3 is 1. The Kier molecular flexibility index (Phi) is 18.0. The van der Waals surface area contributed by atoms with Crippen LogP contribution in [0.4, 0.5) is 0 Å². The van der Waals surface area contributed by atoms with Crippen molar-refractivity contribution in [3.05, 3.63) is 154 Å². The summed E-state index contributed by atoms with van der Waals surface area (Å²) in [5, 5.41) is 12.5. The van der Waals surface area contributed by atoms with E-state index in [9.17, 15) is 19.9 Å². The monoisotopic (exact) mass is 954 g/mol. The lowest BCUT2D eigenvalue weighted by Gasteiger charge is -2.48. The summed E-state index contributed by atoms with van der Waals surface area (Å²) >= 11 is 18.1. The van der Waals surface area contributed by atoms with E-state index < -0.39 is 88.9 Å². The maximum absolute atomic E-state index is 13.9. The summed E-state index contributed by atoms with van der Waals surface area (Å²) in [6.45, 7) is 0.694. The fourth-order valence-corrected chi connectivity index (χ4v) is 7.13. The Morgan fingerprint density at radius 2 is 1.20 bits per heavy atom. The molecule has 2 heterocycles. The Labute approximate surface area is 389 Å². The number of halogens is 3. The molecule has 2 saturated heterocycles. The van der Waals surface area contributed by atoms with E-state index >= 15 is 0 Å². The predicted octanol–water partition coefficient (Wildman–Crippen LogP) is 7.58. The van der Waals surface area contributed by atoms with Crippen LogP contribution in [-0.4, -0.2) is 103 Å². The molecule has 0 bridgehead atoms. The highest BCUT2D eigenvalue weighted by Gasteiger charge is 2.58. The largest absolute Gasteiger partial charge is 0.467 e. The summed E-state index contributed by atoms with van der Waals surface area (Å²) < 4.78 is 58.9. The average Bonchev–Trinajstić information content (AvgIpc) is 3.31. The van der Waals surface area contributed by atoms with Crippen molar-refractivity contribution in [1.29, 1.82) is 5.41 Å². The second kappa shape index (κ2) is 23.8. The Morgan fingerprint density at radius 1 is 0.692 bits per heavy atom. The first-order chi connectivity index (χ1) is 31.4. The van der Waals surface area contributed by atoms with Crippen LogP contribution < -0.4 is 0 Å². The van der Waals surface area contributed by atoms with Gasteiger partial charge in [-0.25, -0.2) is 9.59 Å². The lowest BCUT2D eigenvalue weighted by molar-refractivity contribution is -0.341. The van der Waals surface area contributed by atoms with Gasteiger partial charge in [0.1, 0.15) is 43.2 Å². The third-order valence-electron chi connectivity index (χ3n) is 10.1. The maximum atomic E-state index is 13.9. The quantitative estimate of drug-likeness (QED) is 0.0149. The Morgan fingerprint density at radius 3 is 1.69 bits per heavy atom. The Bertz CT molecular complexity index is 2220. The molecule has 0 unspecified atom stereocenters. The van der Waals surface area contributed by atoms with Gasteiger partial charge >= 0.3 is 17.9 Å². The zero-order chi connectivity index (χ0) is 46.3. The van der Waals surface area contributed by atoms with Crippen molar-refractivity contribution in [1.82, 2.24) is 0 Å². The predicted molar refractivity (Wildman–Crippen MR) is 234 cm³/mol. The van der Waals surface area contributed by atoms with Crippen LogP contribution in [0.1, 0.15) is 34.0 Å². The summed E-state index contributed by atoms with van der Waals surface area (Å²) in [6.07, 6.45) is -13.7. The SMILES string of the molecule is COC(=O)[C@@H]1O[C@H](OC(=N)C(Cl)(Cl)Cl)[C@H](OC(=O)c2ccccc2)[C@@H](OCc2ccccc2)[C@@H]1O[C@H]1O[C@H](COC(C)=O)[C@@H](OCc2ccccc2)[C@H](OCc2ccccc2)[C@H]1N=[N+]=[N-]. The van der Waals surface area contributed by atoms with Gasteiger partial charge < -0.3 is 47.4 Å². The zero-order valence-electron chi connectivity index (χ0n) is 34.9. The van der Waals surface area contributed by atoms with E-state index in [1.54, 1.807) is 48.5 Å². The number of nitrogens with one attached hydrogen (secondary N) is 1. The van der Waals surface area contributed by atoms with Crippen molar-refractivity contribution in [2.24, 2.45) is 5.11 Å². The molecule has 17 nitrogen and oxygen atoms in total. The number of hydrogen-bond donors (Lipinski definition) is 1. The number of azide groups is 1. The number of alkyl halides is 3. The summed E-state index contributed by atoms with van der Waals surface area (Å²) in [5.74, 6) is -3.53. The third-order valence-corrected chi connectivity index (χ3v) is 10.6. The van der Waals surface area contributed by atoms with Crippen molar-refractivity contribution in [3.63, 3.8) is 0 Å². The molecule has 20 heteroatoms. The molecule has 0 amide bonds. The number of hydrogen-bond acceptors (Lipinski definition) is 15. The molecule has 2 aliphatic rings. The molecule has 2 fully saturated rings. The number of carbonyl (C=O) groups is 3. The van der Waals surface area contributed by atoms with Crippen LogP contribution in [0.25, 0.3) is 10.4 Å². The maximum Gasteiger partial charge on any atom is 0.338 e. The van der Waals surface area contributed by atoms with Gasteiger partial charge in [0, 0.05) is 11.8 Å². The molecule has 0 spiro atoms. The van der Waals surface area contributed by atoms with Gasteiger partial charge in [-0.3, -0.25) is 10.2 Å². The van der Waals surface area contributed by atoms with E-state index in [1.807, 2.05) is 60.7 Å². The first-order valence-electron chi connectivity index (χ1n) is 20.1. The number of ether oxygens (including phenoxy) is 10. The Balaban J connectivity index is 1.45. The van der Waals surface area contributed by atoms with E-state index in [-0.39, 0.29) is 32.0 Å². The molecule has 4 aromatic rings. The molecule has 6 rings (SSSR count). The number of esters is 3. The molecule has 10 atom stereocenters. The fourth-order valence-electron chi connectivity index (χ4n) is 6.99. The van der Waals surface area contributed by atoms with Gasteiger partial charge in [-0.1, -0.05) is 149 Å². The van der Waals surface area contributed by atoms with Crippen LogP contribution >= 0.6 is 34.8 Å². The minimum absolute atomic E-state index is 0.00696. The lowest BCUT2D eigenvalue weighted by atomic mass is 9.94. The summed E-state index contributed by atoms with van der Waals surface area (Å²) in [4.78, 5) is 43.1. The standard InChI is InChI=1S/C45H45Cl3N4O13/c1-27(53)57-26-32-34(58-23-28-15-7-3-8-16-28)35(59-24-29-17-9-4-10-18-29)33(51-52-50)42(61-32)63-37-36(60-25-30-19-11-5-12-20-30)39(62-40(54)31-21-13-6-14-22-31)43(64-38(37)41(55)56-2)65-44(49)45(46,47)48/h3-22,32-39,42-43,49H,23-26H2,1-2H3/t32-,33-,34-,35-,36+,37+,38-,39-,42-,43-/m1/s1. The van der Waals surface area contributed by atoms with E-state index in [4.69, 9.17) is 87.6 Å². The molecule has 0 saturated carbocycles. The lowest BCUT2D eigenvalue weighted by Crippen LogP contribution is -2.67. The van der Waals surface area contributed by atoms with Gasteiger partial charge in [0.15, 0.2) is 18.5 Å². The van der Waals surface area contributed by atoms with Gasteiger partial charge in [-0.2, -0.15) is 0 Å². The van der Waals surface area contributed by atoms with E-state index in [2.05, 4.69) is 10.0 Å². The molecular formula is C45H45Cl3N4O13. The highest BCUT2D eigenvalue weighted by molar-refractivity contribution is 6.76. The molecular weight excluding hydrogens is 911 g/mol. The highest BCUT2D eigenvalue weighted by Crippen LogP contribution is 2.38. The molecule has 2 aliphatic heterocycles. The van der Waals surface area contributed by atoms with Crippen molar-refractivity contribution in [3.8, 4) is 0 Å². The summed E-state index contributed by atoms with van der Waals surface area (Å²) in [5.41, 5.74) is 12.4. The smallest absolute Gasteiger partial charge is 0.338 e. The molecule has 0 aromatic heterocycles. The van der Waals surface area contributed by atoms with Gasteiger partial charge in [0.05, 0.1) is 32.5 Å². The van der Waals surface area contributed by atoms with Crippen LogP contribution in [0.3, 0.4) is 0 Å². The van der Waals surface area contributed by atoms with E-state index in [0.717, 1.165) is 18.2 Å². The average molecular weight is 956 g/mol. The first kappa shape index (κ1) is 49.1.